The maximum Gasteiger partial charge on any atom is 0.325 e. The molecule has 5 heteroatoms. The highest BCUT2D eigenvalue weighted by atomic mass is 16.2. The van der Waals surface area contributed by atoms with E-state index < -0.39 is 6.03 Å². The molecule has 2 aromatic rings. The Morgan fingerprint density at radius 1 is 1.00 bits per heavy atom. The Bertz CT molecular complexity index is 699. The molecule has 0 aliphatic rings. The third-order valence-electron chi connectivity index (χ3n) is 3.68. The summed E-state index contributed by atoms with van der Waals surface area (Å²) in [7, 11) is 1.80. The highest BCUT2D eigenvalue weighted by molar-refractivity contribution is 6.02. The van der Waals surface area contributed by atoms with Crippen molar-refractivity contribution in [1.82, 2.24) is 5.32 Å². The first kappa shape index (κ1) is 16.5. The zero-order valence-corrected chi connectivity index (χ0v) is 13.6. The van der Waals surface area contributed by atoms with Crippen molar-refractivity contribution < 1.29 is 9.59 Å². The maximum absolute atomic E-state index is 12.0. The van der Waals surface area contributed by atoms with Gasteiger partial charge in [0, 0.05) is 18.4 Å². The van der Waals surface area contributed by atoms with Crippen molar-refractivity contribution in [1.29, 1.82) is 0 Å². The topological polar surface area (TPSA) is 61.4 Å². The molecular formula is C18H21N3O2. The van der Waals surface area contributed by atoms with E-state index in [1.54, 1.807) is 11.9 Å². The molecule has 0 aliphatic heterocycles. The molecule has 0 unspecified atom stereocenters. The van der Waals surface area contributed by atoms with Crippen LogP contribution in [0.3, 0.4) is 0 Å². The molecule has 120 valence electrons. The number of nitrogens with one attached hydrogen (secondary N) is 2. The molecule has 0 spiro atoms. The van der Waals surface area contributed by atoms with Crippen LogP contribution in [-0.2, 0) is 4.79 Å². The van der Waals surface area contributed by atoms with Crippen molar-refractivity contribution in [3.05, 3.63) is 59.7 Å². The molecule has 2 rings (SSSR count). The summed E-state index contributed by atoms with van der Waals surface area (Å²) in [6.07, 6.45) is 0. The number of aryl methyl sites for hydroxylation is 1. The lowest BCUT2D eigenvalue weighted by Crippen LogP contribution is -2.40. The van der Waals surface area contributed by atoms with E-state index >= 15 is 0 Å². The smallest absolute Gasteiger partial charge is 0.325 e. The number of anilines is 2. The molecule has 0 atom stereocenters. The van der Waals surface area contributed by atoms with Gasteiger partial charge >= 0.3 is 6.03 Å². The number of likely N-dealkylation sites (N-methyl/N-ethyl adjacent to an activating group) is 1. The minimum atomic E-state index is -0.523. The van der Waals surface area contributed by atoms with Crippen molar-refractivity contribution in [3.63, 3.8) is 0 Å². The minimum Gasteiger partial charge on any atom is -0.365 e. The molecule has 3 amide bonds. The SMILES string of the molecule is Cc1cccc(NC(=O)NC(=O)CN(C)c2ccccc2)c1C. The van der Waals surface area contributed by atoms with E-state index in [0.717, 1.165) is 16.8 Å². The van der Waals surface area contributed by atoms with Gasteiger partial charge in [0.25, 0.3) is 0 Å². The molecule has 0 saturated carbocycles. The van der Waals surface area contributed by atoms with Crippen LogP contribution in [0, 0.1) is 13.8 Å². The fraction of sp³-hybridized carbons (Fsp3) is 0.222. The molecule has 0 aliphatic carbocycles. The Balaban J connectivity index is 1.90. The molecule has 0 bridgehead atoms. The van der Waals surface area contributed by atoms with Gasteiger partial charge in [0.1, 0.15) is 0 Å². The van der Waals surface area contributed by atoms with E-state index in [-0.39, 0.29) is 12.5 Å². The lowest BCUT2D eigenvalue weighted by Gasteiger charge is -2.18. The number of imide groups is 1. The van der Waals surface area contributed by atoms with Crippen LogP contribution in [0.2, 0.25) is 0 Å². The summed E-state index contributed by atoms with van der Waals surface area (Å²) < 4.78 is 0. The number of hydrogen-bond acceptors (Lipinski definition) is 3. The van der Waals surface area contributed by atoms with Gasteiger partial charge in [0.05, 0.1) is 6.54 Å². The summed E-state index contributed by atoms with van der Waals surface area (Å²) >= 11 is 0. The predicted octanol–water partition coefficient (Wildman–Crippen LogP) is 3.09. The van der Waals surface area contributed by atoms with E-state index in [2.05, 4.69) is 10.6 Å². The number of hydrogen-bond donors (Lipinski definition) is 2. The van der Waals surface area contributed by atoms with Gasteiger partial charge in [-0.05, 0) is 43.2 Å². The van der Waals surface area contributed by atoms with Crippen molar-refractivity contribution in [2.24, 2.45) is 0 Å². The first-order valence-electron chi connectivity index (χ1n) is 7.40. The molecule has 5 nitrogen and oxygen atoms in total. The second-order valence-electron chi connectivity index (χ2n) is 5.44. The van der Waals surface area contributed by atoms with E-state index in [4.69, 9.17) is 0 Å². The largest absolute Gasteiger partial charge is 0.365 e. The number of carbonyl (C=O) groups excluding carboxylic acids is 2. The number of nitrogens with zero attached hydrogens (tertiary/aromatic N) is 1. The van der Waals surface area contributed by atoms with Crippen molar-refractivity contribution >= 4 is 23.3 Å². The summed E-state index contributed by atoms with van der Waals surface area (Å²) in [4.78, 5) is 25.7. The van der Waals surface area contributed by atoms with E-state index in [1.165, 1.54) is 0 Å². The standard InChI is InChI=1S/C18H21N3O2/c1-13-8-7-11-16(14(13)2)19-18(23)20-17(22)12-21(3)15-9-5-4-6-10-15/h4-11H,12H2,1-3H3,(H2,19,20,22,23). The number of amides is 3. The van der Waals surface area contributed by atoms with Crippen molar-refractivity contribution in [3.8, 4) is 0 Å². The van der Waals surface area contributed by atoms with Crippen LogP contribution in [0.25, 0.3) is 0 Å². The fourth-order valence-electron chi connectivity index (χ4n) is 2.20. The van der Waals surface area contributed by atoms with Gasteiger partial charge in [-0.3, -0.25) is 10.1 Å². The van der Waals surface area contributed by atoms with Crippen molar-refractivity contribution in [2.45, 2.75) is 13.8 Å². The predicted molar refractivity (Wildman–Crippen MR) is 92.8 cm³/mol. The van der Waals surface area contributed by atoms with Crippen LogP contribution in [0.5, 0.6) is 0 Å². The molecule has 2 N–H and O–H groups in total. The van der Waals surface area contributed by atoms with Gasteiger partial charge in [-0.25, -0.2) is 4.79 Å². The first-order valence-corrected chi connectivity index (χ1v) is 7.40. The maximum atomic E-state index is 12.0. The number of benzene rings is 2. The normalized spacial score (nSPS) is 10.0. The summed E-state index contributed by atoms with van der Waals surface area (Å²) in [5.41, 5.74) is 3.68. The average Bonchev–Trinajstić information content (AvgIpc) is 2.52. The van der Waals surface area contributed by atoms with Gasteiger partial charge < -0.3 is 10.2 Å². The van der Waals surface area contributed by atoms with Crippen LogP contribution in [0.4, 0.5) is 16.2 Å². The third-order valence-corrected chi connectivity index (χ3v) is 3.68. The summed E-state index contributed by atoms with van der Waals surface area (Å²) in [6.45, 7) is 4.00. The molecule has 0 saturated heterocycles. The van der Waals surface area contributed by atoms with Crippen LogP contribution in [0.15, 0.2) is 48.5 Å². The quantitative estimate of drug-likeness (QED) is 0.912. The van der Waals surface area contributed by atoms with Gasteiger partial charge in [0.2, 0.25) is 5.91 Å². The number of urea groups is 1. The molecule has 2 aromatic carbocycles. The number of para-hydroxylation sites is 1. The molecule has 0 fully saturated rings. The Hall–Kier alpha value is -2.82. The second kappa shape index (κ2) is 7.45. The average molecular weight is 311 g/mol. The van der Waals surface area contributed by atoms with Crippen LogP contribution in [0.1, 0.15) is 11.1 Å². The fourth-order valence-corrected chi connectivity index (χ4v) is 2.20. The third kappa shape index (κ3) is 4.57. The Kier molecular flexibility index (Phi) is 5.36. The highest BCUT2D eigenvalue weighted by Crippen LogP contribution is 2.17. The van der Waals surface area contributed by atoms with Crippen LogP contribution >= 0.6 is 0 Å². The monoisotopic (exact) mass is 311 g/mol. The summed E-state index contributed by atoms with van der Waals surface area (Å²) in [5.74, 6) is -0.362. The number of carbonyl (C=O) groups is 2. The Morgan fingerprint density at radius 2 is 1.70 bits per heavy atom. The molecule has 0 heterocycles. The lowest BCUT2D eigenvalue weighted by atomic mass is 10.1. The van der Waals surface area contributed by atoms with E-state index in [0.29, 0.717) is 5.69 Å². The van der Waals surface area contributed by atoms with Gasteiger partial charge in [-0.15, -0.1) is 0 Å². The van der Waals surface area contributed by atoms with E-state index in [1.807, 2.05) is 62.4 Å². The van der Waals surface area contributed by atoms with Gasteiger partial charge in [0.15, 0.2) is 0 Å². The Morgan fingerprint density at radius 3 is 2.39 bits per heavy atom. The first-order chi connectivity index (χ1) is 11.0. The minimum absolute atomic E-state index is 0.101. The van der Waals surface area contributed by atoms with Crippen molar-refractivity contribution in [2.75, 3.05) is 23.8 Å². The van der Waals surface area contributed by atoms with Gasteiger partial charge in [-0.1, -0.05) is 30.3 Å². The van der Waals surface area contributed by atoms with Crippen LogP contribution in [-0.4, -0.2) is 25.5 Å². The summed E-state index contributed by atoms with van der Waals surface area (Å²) in [5, 5.41) is 5.05. The van der Waals surface area contributed by atoms with Crippen LogP contribution < -0.4 is 15.5 Å². The molecule has 0 aromatic heterocycles. The number of rotatable bonds is 4. The lowest BCUT2D eigenvalue weighted by molar-refractivity contribution is -0.118. The molecule has 0 radical (unpaired) electrons. The summed E-state index contributed by atoms with van der Waals surface area (Å²) in [6, 6.07) is 14.6. The molecular weight excluding hydrogens is 290 g/mol. The zero-order chi connectivity index (χ0) is 16.8. The van der Waals surface area contributed by atoms with Gasteiger partial charge in [-0.2, -0.15) is 0 Å². The van der Waals surface area contributed by atoms with E-state index in [9.17, 15) is 9.59 Å². The second-order valence-corrected chi connectivity index (χ2v) is 5.44. The zero-order valence-electron chi connectivity index (χ0n) is 13.6. The highest BCUT2D eigenvalue weighted by Gasteiger charge is 2.12. The Labute approximate surface area is 136 Å². The molecule has 23 heavy (non-hydrogen) atoms.